The van der Waals surface area contributed by atoms with Crippen molar-refractivity contribution in [2.75, 3.05) is 43.2 Å². The van der Waals surface area contributed by atoms with Gasteiger partial charge in [-0.3, -0.25) is 9.59 Å². The summed E-state index contributed by atoms with van der Waals surface area (Å²) >= 11 is 13.6. The van der Waals surface area contributed by atoms with Crippen LogP contribution in [0.1, 0.15) is 22.5 Å². The third-order valence-electron chi connectivity index (χ3n) is 5.52. The normalized spacial score (nSPS) is 21.7. The zero-order valence-corrected chi connectivity index (χ0v) is 20.3. The van der Waals surface area contributed by atoms with Gasteiger partial charge in [-0.25, -0.2) is 0 Å². The molecule has 178 valence electrons. The van der Waals surface area contributed by atoms with E-state index < -0.39 is 17.4 Å². The van der Waals surface area contributed by atoms with Crippen molar-refractivity contribution in [3.63, 3.8) is 0 Å². The molecule has 34 heavy (non-hydrogen) atoms. The van der Waals surface area contributed by atoms with Crippen molar-refractivity contribution in [1.82, 2.24) is 5.32 Å². The molecule has 4 rings (SSSR count). The van der Waals surface area contributed by atoms with E-state index in [0.29, 0.717) is 70.7 Å². The molecule has 1 unspecified atom stereocenters. The molecule has 2 saturated heterocycles. The van der Waals surface area contributed by atoms with Crippen LogP contribution in [0.2, 0.25) is 9.36 Å². The largest absolute Gasteiger partial charge is 0.379 e. The van der Waals surface area contributed by atoms with Crippen molar-refractivity contribution < 1.29 is 19.1 Å². The predicted octanol–water partition coefficient (Wildman–Crippen LogP) is 3.69. The number of rotatable bonds is 5. The van der Waals surface area contributed by atoms with Crippen LogP contribution in [0.5, 0.6) is 0 Å². The van der Waals surface area contributed by atoms with Crippen LogP contribution in [0.15, 0.2) is 35.3 Å². The molecule has 0 radical (unpaired) electrons. The summed E-state index contributed by atoms with van der Waals surface area (Å²) in [6.07, 6.45) is 2.64. The number of aliphatic imine (C=N–C) groups is 1. The maximum atomic E-state index is 13.2. The van der Waals surface area contributed by atoms with E-state index in [4.69, 9.17) is 37.9 Å². The van der Waals surface area contributed by atoms with E-state index in [0.717, 1.165) is 11.3 Å². The van der Waals surface area contributed by atoms with E-state index >= 15 is 0 Å². The lowest BCUT2D eigenvalue weighted by Gasteiger charge is -2.28. The van der Waals surface area contributed by atoms with Gasteiger partial charge >= 0.3 is 0 Å². The fraction of sp³-hybridized carbons (Fsp3) is 0.364. The summed E-state index contributed by atoms with van der Waals surface area (Å²) in [5.41, 5.74) is -0.0998. The van der Waals surface area contributed by atoms with Crippen molar-refractivity contribution >= 4 is 63.6 Å². The molecule has 9 nitrogen and oxygen atoms in total. The second-order valence-electron chi connectivity index (χ2n) is 7.70. The second kappa shape index (κ2) is 10.7. The van der Waals surface area contributed by atoms with Crippen molar-refractivity contribution in [2.24, 2.45) is 4.99 Å². The number of nitrogens with one attached hydrogen (secondary N) is 2. The van der Waals surface area contributed by atoms with Gasteiger partial charge in [-0.1, -0.05) is 23.2 Å². The number of hydrogen-bond donors (Lipinski definition) is 2. The lowest BCUT2D eigenvalue weighted by Crippen LogP contribution is -2.57. The average molecular weight is 522 g/mol. The number of carbonyl (C=O) groups excluding carboxylic acids is 2. The Morgan fingerprint density at radius 3 is 2.71 bits per heavy atom. The van der Waals surface area contributed by atoms with Crippen molar-refractivity contribution in [1.29, 1.82) is 5.26 Å². The van der Waals surface area contributed by atoms with Crippen LogP contribution in [0.25, 0.3) is 0 Å². The van der Waals surface area contributed by atoms with Crippen LogP contribution in [0.4, 0.5) is 11.4 Å². The highest BCUT2D eigenvalue weighted by Crippen LogP contribution is 2.31. The fourth-order valence-electron chi connectivity index (χ4n) is 3.79. The van der Waals surface area contributed by atoms with E-state index in [-0.39, 0.29) is 6.61 Å². The molecule has 12 heteroatoms. The van der Waals surface area contributed by atoms with Crippen molar-refractivity contribution in [3.8, 4) is 6.19 Å². The van der Waals surface area contributed by atoms with Gasteiger partial charge in [0.25, 0.3) is 11.8 Å². The summed E-state index contributed by atoms with van der Waals surface area (Å²) in [4.78, 5) is 32.1. The predicted molar refractivity (Wildman–Crippen MR) is 131 cm³/mol. The van der Waals surface area contributed by atoms with Crippen LogP contribution in [-0.4, -0.2) is 56.2 Å². The number of nitrogens with zero attached hydrogens (tertiary/aromatic N) is 3. The van der Waals surface area contributed by atoms with Gasteiger partial charge in [0.05, 0.1) is 39.7 Å². The summed E-state index contributed by atoms with van der Waals surface area (Å²) in [6, 6.07) is 8.32. The summed E-state index contributed by atoms with van der Waals surface area (Å²) in [6.45, 7) is 1.83. The topological polar surface area (TPSA) is 116 Å². The van der Waals surface area contributed by atoms with E-state index in [2.05, 4.69) is 15.6 Å². The third kappa shape index (κ3) is 5.35. The van der Waals surface area contributed by atoms with Crippen LogP contribution < -0.4 is 15.5 Å². The van der Waals surface area contributed by atoms with Crippen LogP contribution >= 0.6 is 34.5 Å². The first-order valence-electron chi connectivity index (χ1n) is 10.5. The van der Waals surface area contributed by atoms with E-state index in [9.17, 15) is 9.59 Å². The quantitative estimate of drug-likeness (QED) is 0.579. The first-order chi connectivity index (χ1) is 16.4. The van der Waals surface area contributed by atoms with Gasteiger partial charge in [0.2, 0.25) is 6.19 Å². The van der Waals surface area contributed by atoms with E-state index in [1.807, 2.05) is 11.1 Å². The third-order valence-corrected chi connectivity index (χ3v) is 7.05. The Bertz CT molecular complexity index is 1160. The fourth-order valence-corrected chi connectivity index (χ4v) is 5.01. The van der Waals surface area contributed by atoms with Crippen molar-refractivity contribution in [2.45, 2.75) is 18.4 Å². The zero-order valence-electron chi connectivity index (χ0n) is 18.0. The second-order valence-corrected chi connectivity index (χ2v) is 9.83. The molecule has 1 aromatic heterocycles. The Morgan fingerprint density at radius 1 is 1.18 bits per heavy atom. The molecule has 0 saturated carbocycles. The summed E-state index contributed by atoms with van der Waals surface area (Å²) in [5.74, 6) is -0.226. The molecule has 1 atom stereocenters. The average Bonchev–Trinajstić information content (AvgIpc) is 3.40. The Kier molecular flexibility index (Phi) is 7.70. The Morgan fingerprint density at radius 2 is 2.03 bits per heavy atom. The number of thiophene rings is 1. The number of ether oxygens (including phenoxy) is 2. The molecule has 3 heterocycles. The Hall–Kier alpha value is -2.68. The molecule has 2 aromatic rings. The minimum absolute atomic E-state index is 0.0528. The monoisotopic (exact) mass is 521 g/mol. The van der Waals surface area contributed by atoms with Gasteiger partial charge in [-0.15, -0.1) is 11.3 Å². The van der Waals surface area contributed by atoms with Gasteiger partial charge < -0.3 is 25.0 Å². The Balaban J connectivity index is 1.51. The number of nitriles is 1. The van der Waals surface area contributed by atoms with Crippen LogP contribution in [-0.2, 0) is 14.3 Å². The van der Waals surface area contributed by atoms with Gasteiger partial charge in [-0.2, -0.15) is 10.3 Å². The molecule has 1 aromatic carbocycles. The summed E-state index contributed by atoms with van der Waals surface area (Å²) in [5, 5.41) is 15.1. The first-order valence-corrected chi connectivity index (χ1v) is 12.1. The number of amides is 2. The molecule has 0 bridgehead atoms. The van der Waals surface area contributed by atoms with Crippen LogP contribution in [0, 0.1) is 11.5 Å². The highest BCUT2D eigenvalue weighted by molar-refractivity contribution is 7.18. The Labute approximate surface area is 210 Å². The molecule has 2 N–H and O–H groups in total. The molecular weight excluding hydrogens is 501 g/mol. The maximum absolute atomic E-state index is 13.2. The molecule has 2 amide bonds. The number of halogens is 2. The van der Waals surface area contributed by atoms with E-state index in [1.165, 1.54) is 0 Å². The highest BCUT2D eigenvalue weighted by Gasteiger charge is 2.44. The molecule has 0 spiro atoms. The smallest absolute Gasteiger partial charge is 0.262 e. The molecule has 2 aliphatic heterocycles. The van der Waals surface area contributed by atoms with Gasteiger partial charge in [0.15, 0.2) is 0 Å². The molecule has 0 aliphatic carbocycles. The zero-order chi connectivity index (χ0) is 24.1. The van der Waals surface area contributed by atoms with Crippen molar-refractivity contribution in [3.05, 3.63) is 44.6 Å². The van der Waals surface area contributed by atoms with E-state index in [1.54, 1.807) is 30.3 Å². The van der Waals surface area contributed by atoms with Gasteiger partial charge in [0, 0.05) is 31.7 Å². The van der Waals surface area contributed by atoms with Gasteiger partial charge in [-0.05, 0) is 30.3 Å². The standard InChI is InChI=1S/C22H21Cl2N5O4S/c23-15-11-14(1-2-16(15)29-7-10-32-8-5-19(29)26-13-25)27-21(31)22(6-9-33-12-22)28-20(30)17-3-4-18(24)34-17/h1-4,11H,5-10,12H2,(H,27,31)(H,28,30). The minimum Gasteiger partial charge on any atom is -0.379 e. The van der Waals surface area contributed by atoms with Gasteiger partial charge in [0.1, 0.15) is 11.4 Å². The molecule has 2 fully saturated rings. The minimum atomic E-state index is -1.21. The lowest BCUT2D eigenvalue weighted by atomic mass is 9.97. The maximum Gasteiger partial charge on any atom is 0.262 e. The SMILES string of the molecule is N#CN=C1CCOCCN1c1ccc(NC(=O)C2(NC(=O)c3ccc(Cl)s3)CCOC2)cc1Cl. The lowest BCUT2D eigenvalue weighted by molar-refractivity contribution is -0.122. The molecule has 2 aliphatic rings. The number of amidine groups is 1. The number of benzene rings is 1. The summed E-state index contributed by atoms with van der Waals surface area (Å²) < 4.78 is 11.4. The number of anilines is 2. The number of hydrogen-bond acceptors (Lipinski definition) is 7. The number of carbonyl (C=O) groups is 2. The van der Waals surface area contributed by atoms with Crippen LogP contribution in [0.3, 0.4) is 0 Å². The molecular formula is C22H21Cl2N5O4S. The first kappa shape index (κ1) is 24.4. The highest BCUT2D eigenvalue weighted by atomic mass is 35.5. The summed E-state index contributed by atoms with van der Waals surface area (Å²) in [7, 11) is 0.